The first kappa shape index (κ1) is 38.3. The smallest absolute Gasteiger partial charge is 0.266 e. The molecule has 2 aromatic heterocycles. The summed E-state index contributed by atoms with van der Waals surface area (Å²) in [6, 6.07) is 8.38. The highest BCUT2D eigenvalue weighted by atomic mass is 19.3. The molecule has 0 amide bonds. The zero-order chi connectivity index (χ0) is 34.3. The Morgan fingerprint density at radius 1 is 1.00 bits per heavy atom. The average molecular weight is 639 g/mol. The number of benzene rings is 1. The summed E-state index contributed by atoms with van der Waals surface area (Å²) in [7, 11) is 1.59. The van der Waals surface area contributed by atoms with Crippen LogP contribution < -0.4 is 14.2 Å². The summed E-state index contributed by atoms with van der Waals surface area (Å²) in [5.41, 5.74) is 5.29. The van der Waals surface area contributed by atoms with Gasteiger partial charge in [0.15, 0.2) is 11.6 Å². The molecule has 0 spiro atoms. The Hall–Kier alpha value is -3.88. The molecule has 1 aliphatic rings. The molecule has 0 aliphatic heterocycles. The lowest BCUT2D eigenvalue weighted by molar-refractivity contribution is 0.0633. The van der Waals surface area contributed by atoms with Crippen LogP contribution in [-0.2, 0) is 6.61 Å². The van der Waals surface area contributed by atoms with Gasteiger partial charge in [-0.3, -0.25) is 0 Å². The molecular formula is C37H52F2N4O3. The van der Waals surface area contributed by atoms with Gasteiger partial charge in [-0.25, -0.2) is 23.7 Å². The van der Waals surface area contributed by atoms with E-state index in [1.54, 1.807) is 20.2 Å². The zero-order valence-corrected chi connectivity index (χ0v) is 29.3. The molecule has 1 aromatic carbocycles. The van der Waals surface area contributed by atoms with Crippen LogP contribution in [0.5, 0.6) is 17.5 Å². The summed E-state index contributed by atoms with van der Waals surface area (Å²) < 4.78 is 41.4. The second-order valence-corrected chi connectivity index (χ2v) is 11.7. The molecule has 7 nitrogen and oxygen atoms in total. The normalized spacial score (nSPS) is 13.3. The molecule has 4 rings (SSSR count). The van der Waals surface area contributed by atoms with Crippen molar-refractivity contribution in [2.24, 2.45) is 5.92 Å². The maximum Gasteiger partial charge on any atom is 0.266 e. The SMILES string of the molecule is C/C=C(\C)C(C)(F)F.CCC(C)C.CCC=C(C)c1ccc(COc2nc(-c3c(OC)ncnc3C3CC3)ncc2OCC)cc1. The molecule has 0 unspecified atom stereocenters. The third-order valence-electron chi connectivity index (χ3n) is 7.48. The third-order valence-corrected chi connectivity index (χ3v) is 7.48. The highest BCUT2D eigenvalue weighted by molar-refractivity contribution is 5.66. The molecule has 0 radical (unpaired) electrons. The molecule has 1 saturated carbocycles. The molecule has 46 heavy (non-hydrogen) atoms. The summed E-state index contributed by atoms with van der Waals surface area (Å²) >= 11 is 0. The Balaban J connectivity index is 0.000000478. The van der Waals surface area contributed by atoms with Crippen LogP contribution in [-0.4, -0.2) is 39.6 Å². The van der Waals surface area contributed by atoms with Crippen LogP contribution in [0.15, 0.2) is 54.5 Å². The molecule has 3 aromatic rings. The maximum atomic E-state index is 12.0. The van der Waals surface area contributed by atoms with Crippen molar-refractivity contribution < 1.29 is 23.0 Å². The minimum absolute atomic E-state index is 0.123. The van der Waals surface area contributed by atoms with E-state index in [9.17, 15) is 8.78 Å². The monoisotopic (exact) mass is 638 g/mol. The number of nitrogens with zero attached hydrogens (tertiary/aromatic N) is 4. The molecule has 0 atom stereocenters. The van der Waals surface area contributed by atoms with E-state index in [0.29, 0.717) is 42.5 Å². The standard InChI is InChI=1S/C26H30N4O3.C6H10F2.C5H12/c1-5-7-17(3)19-10-8-18(9-11-19)15-33-25-21(32-6-2)14-27-24(30-25)22-23(20-12-13-20)28-16-29-26(22)31-4;1-4-5(2)6(3,7)8;1-4-5(2)3/h7-11,14,16,20H,5-6,12-13,15H2,1-4H3;4H,1-3H3;5H,4H2,1-3H3/b;5-4+;. The van der Waals surface area contributed by atoms with Gasteiger partial charge in [-0.15, -0.1) is 0 Å². The van der Waals surface area contributed by atoms with Crippen LogP contribution in [0, 0.1) is 5.92 Å². The van der Waals surface area contributed by atoms with E-state index in [4.69, 9.17) is 19.2 Å². The van der Waals surface area contributed by atoms with Crippen LogP contribution in [0.4, 0.5) is 8.78 Å². The molecule has 1 aliphatic carbocycles. The van der Waals surface area contributed by atoms with Crippen LogP contribution >= 0.6 is 0 Å². The Bertz CT molecular complexity index is 1410. The highest BCUT2D eigenvalue weighted by Crippen LogP contribution is 2.45. The third kappa shape index (κ3) is 12.1. The number of hydrogen-bond acceptors (Lipinski definition) is 7. The number of hydrogen-bond donors (Lipinski definition) is 0. The molecule has 0 N–H and O–H groups in total. The van der Waals surface area contributed by atoms with Crippen LogP contribution in [0.25, 0.3) is 17.0 Å². The van der Waals surface area contributed by atoms with E-state index in [0.717, 1.165) is 48.9 Å². The Morgan fingerprint density at radius 2 is 1.65 bits per heavy atom. The van der Waals surface area contributed by atoms with Gasteiger partial charge in [0.1, 0.15) is 18.5 Å². The zero-order valence-electron chi connectivity index (χ0n) is 29.3. The first-order valence-corrected chi connectivity index (χ1v) is 16.2. The second kappa shape index (κ2) is 18.9. The van der Waals surface area contributed by atoms with Crippen molar-refractivity contribution in [2.45, 2.75) is 106 Å². The lowest BCUT2D eigenvalue weighted by Crippen LogP contribution is -2.10. The minimum atomic E-state index is -2.63. The first-order chi connectivity index (χ1) is 21.9. The molecular weight excluding hydrogens is 586 g/mol. The number of rotatable bonds is 12. The van der Waals surface area contributed by atoms with Gasteiger partial charge in [0.25, 0.3) is 11.8 Å². The van der Waals surface area contributed by atoms with Crippen molar-refractivity contribution in [3.05, 3.63) is 71.3 Å². The summed E-state index contributed by atoms with van der Waals surface area (Å²) in [6.07, 6.45) is 11.3. The van der Waals surface area contributed by atoms with E-state index in [-0.39, 0.29) is 5.57 Å². The van der Waals surface area contributed by atoms with Crippen LogP contribution in [0.3, 0.4) is 0 Å². The van der Waals surface area contributed by atoms with Crippen molar-refractivity contribution in [1.29, 1.82) is 0 Å². The number of ether oxygens (including phenoxy) is 3. The Labute approximate surface area is 274 Å². The predicted molar refractivity (Wildman–Crippen MR) is 183 cm³/mol. The highest BCUT2D eigenvalue weighted by Gasteiger charge is 2.31. The molecule has 0 bridgehead atoms. The van der Waals surface area contributed by atoms with Gasteiger partial charge in [-0.1, -0.05) is 70.5 Å². The van der Waals surface area contributed by atoms with E-state index < -0.39 is 5.92 Å². The molecule has 0 saturated heterocycles. The first-order valence-electron chi connectivity index (χ1n) is 16.2. The summed E-state index contributed by atoms with van der Waals surface area (Å²) in [5, 5.41) is 0. The van der Waals surface area contributed by atoms with Crippen LogP contribution in [0.1, 0.15) is 111 Å². The fourth-order valence-electron chi connectivity index (χ4n) is 3.94. The van der Waals surface area contributed by atoms with Gasteiger partial charge < -0.3 is 14.2 Å². The van der Waals surface area contributed by atoms with Crippen LogP contribution in [0.2, 0.25) is 0 Å². The molecule has 9 heteroatoms. The van der Waals surface area contributed by atoms with Crippen molar-refractivity contribution in [3.8, 4) is 28.9 Å². The van der Waals surface area contributed by atoms with Gasteiger partial charge in [0, 0.05) is 12.8 Å². The number of methoxy groups -OCH3 is 1. The lowest BCUT2D eigenvalue weighted by atomic mass is 10.0. The van der Waals surface area contributed by atoms with Gasteiger partial charge in [-0.2, -0.15) is 4.98 Å². The minimum Gasteiger partial charge on any atom is -0.487 e. The topological polar surface area (TPSA) is 79.3 Å². The van der Waals surface area contributed by atoms with E-state index in [1.165, 1.54) is 36.9 Å². The van der Waals surface area contributed by atoms with Crippen molar-refractivity contribution in [2.75, 3.05) is 13.7 Å². The van der Waals surface area contributed by atoms with Crippen molar-refractivity contribution in [3.63, 3.8) is 0 Å². The molecule has 252 valence electrons. The molecule has 2 heterocycles. The Kier molecular flexibility index (Phi) is 15.8. The Morgan fingerprint density at radius 3 is 2.13 bits per heavy atom. The number of halogens is 2. The summed E-state index contributed by atoms with van der Waals surface area (Å²) in [4.78, 5) is 18.0. The average Bonchev–Trinajstić information content (AvgIpc) is 3.90. The number of aromatic nitrogens is 4. The number of alkyl halides is 2. The summed E-state index contributed by atoms with van der Waals surface area (Å²) in [5.74, 6) is 0.477. The lowest BCUT2D eigenvalue weighted by Gasteiger charge is -2.14. The fraction of sp³-hybridized carbons (Fsp3) is 0.514. The number of allylic oxidation sites excluding steroid dienone is 4. The van der Waals surface area contributed by atoms with Gasteiger partial charge in [0.2, 0.25) is 5.88 Å². The quantitative estimate of drug-likeness (QED) is 0.183. The van der Waals surface area contributed by atoms with Gasteiger partial charge in [-0.05, 0) is 75.1 Å². The maximum absolute atomic E-state index is 12.0. The van der Waals surface area contributed by atoms with Crippen molar-refractivity contribution in [1.82, 2.24) is 19.9 Å². The van der Waals surface area contributed by atoms with Gasteiger partial charge >= 0.3 is 0 Å². The fourth-order valence-corrected chi connectivity index (χ4v) is 3.94. The van der Waals surface area contributed by atoms with Crippen molar-refractivity contribution >= 4 is 5.57 Å². The van der Waals surface area contributed by atoms with E-state index in [2.05, 4.69) is 79.9 Å². The van der Waals surface area contributed by atoms with Gasteiger partial charge in [0.05, 0.1) is 25.6 Å². The second-order valence-electron chi connectivity index (χ2n) is 11.7. The van der Waals surface area contributed by atoms with E-state index in [1.807, 2.05) is 6.92 Å². The predicted octanol–water partition coefficient (Wildman–Crippen LogP) is 10.3. The largest absolute Gasteiger partial charge is 0.487 e. The van der Waals surface area contributed by atoms with E-state index >= 15 is 0 Å². The molecule has 1 fully saturated rings. The summed E-state index contributed by atoms with van der Waals surface area (Å²) in [6.45, 7) is 17.6.